The molecule has 180 valence electrons. The largest absolute Gasteiger partial charge is 0.345 e. The summed E-state index contributed by atoms with van der Waals surface area (Å²) in [6.45, 7) is 10.6. The third-order valence-electron chi connectivity index (χ3n) is 6.44. The molecule has 8 nitrogen and oxygen atoms in total. The summed E-state index contributed by atoms with van der Waals surface area (Å²) in [5.41, 5.74) is 5.65. The van der Waals surface area contributed by atoms with Gasteiger partial charge in [0.1, 0.15) is 5.82 Å². The molecule has 0 spiro atoms. The maximum atomic E-state index is 12.8. The number of aryl methyl sites for hydroxylation is 3. The molecule has 4 rings (SSSR count). The number of urea groups is 1. The van der Waals surface area contributed by atoms with Gasteiger partial charge in [0.05, 0.1) is 17.6 Å². The fourth-order valence-electron chi connectivity index (χ4n) is 4.50. The SMILES string of the molecule is CCn1c(CN2CCN(C(=O)Nc3ccc(C)cc3C)CC2)nc2cc(C(=O)N(C)C)ccc21. The van der Waals surface area contributed by atoms with E-state index in [1.165, 1.54) is 5.56 Å². The molecule has 1 N–H and O–H groups in total. The van der Waals surface area contributed by atoms with Crippen LogP contribution in [0.4, 0.5) is 10.5 Å². The molecule has 0 atom stereocenters. The first kappa shape index (κ1) is 23.8. The molecule has 0 radical (unpaired) electrons. The first-order valence-corrected chi connectivity index (χ1v) is 11.8. The molecule has 3 aromatic rings. The summed E-state index contributed by atoms with van der Waals surface area (Å²) in [5.74, 6) is 0.963. The van der Waals surface area contributed by atoms with Gasteiger partial charge in [0.25, 0.3) is 5.91 Å². The number of aromatic nitrogens is 2. The molecule has 1 fully saturated rings. The van der Waals surface area contributed by atoms with Crippen molar-refractivity contribution >= 4 is 28.7 Å². The number of benzene rings is 2. The topological polar surface area (TPSA) is 73.7 Å². The fraction of sp³-hybridized carbons (Fsp3) is 0.423. The highest BCUT2D eigenvalue weighted by molar-refractivity contribution is 5.97. The molecule has 8 heteroatoms. The number of piperazine rings is 1. The Morgan fingerprint density at radius 3 is 2.41 bits per heavy atom. The smallest absolute Gasteiger partial charge is 0.321 e. The Morgan fingerprint density at radius 1 is 1.03 bits per heavy atom. The van der Waals surface area contributed by atoms with Crippen LogP contribution >= 0.6 is 0 Å². The molecule has 34 heavy (non-hydrogen) atoms. The third-order valence-corrected chi connectivity index (χ3v) is 6.44. The molecule has 2 heterocycles. The van der Waals surface area contributed by atoms with Crippen molar-refractivity contribution in [3.8, 4) is 0 Å². The monoisotopic (exact) mass is 462 g/mol. The van der Waals surface area contributed by atoms with Gasteiger partial charge in [0.15, 0.2) is 0 Å². The number of rotatable bonds is 5. The summed E-state index contributed by atoms with van der Waals surface area (Å²) in [4.78, 5) is 35.8. The van der Waals surface area contributed by atoms with Crippen LogP contribution < -0.4 is 5.32 Å². The lowest BCUT2D eigenvalue weighted by Crippen LogP contribution is -2.49. The lowest BCUT2D eigenvalue weighted by molar-refractivity contribution is 0.0827. The van der Waals surface area contributed by atoms with Gasteiger partial charge in [-0.2, -0.15) is 0 Å². The maximum Gasteiger partial charge on any atom is 0.321 e. The Morgan fingerprint density at radius 2 is 1.76 bits per heavy atom. The number of fused-ring (bicyclic) bond motifs is 1. The van der Waals surface area contributed by atoms with Crippen LogP contribution in [-0.2, 0) is 13.1 Å². The second-order valence-electron chi connectivity index (χ2n) is 9.19. The number of nitrogens with zero attached hydrogens (tertiary/aromatic N) is 5. The number of hydrogen-bond acceptors (Lipinski definition) is 4. The lowest BCUT2D eigenvalue weighted by atomic mass is 10.1. The van der Waals surface area contributed by atoms with Crippen LogP contribution in [0.25, 0.3) is 11.0 Å². The van der Waals surface area contributed by atoms with E-state index in [0.29, 0.717) is 25.2 Å². The molecule has 0 bridgehead atoms. The van der Waals surface area contributed by atoms with E-state index >= 15 is 0 Å². The minimum Gasteiger partial charge on any atom is -0.345 e. The number of hydrogen-bond donors (Lipinski definition) is 1. The van der Waals surface area contributed by atoms with E-state index in [4.69, 9.17) is 4.98 Å². The second-order valence-corrected chi connectivity index (χ2v) is 9.19. The molecular weight excluding hydrogens is 428 g/mol. The molecule has 0 aliphatic carbocycles. The normalized spacial score (nSPS) is 14.4. The highest BCUT2D eigenvalue weighted by atomic mass is 16.2. The molecular formula is C26H34N6O2. The zero-order chi connectivity index (χ0) is 24.4. The van der Waals surface area contributed by atoms with Gasteiger partial charge in [-0.25, -0.2) is 9.78 Å². The van der Waals surface area contributed by atoms with E-state index in [2.05, 4.69) is 27.8 Å². The minimum absolute atomic E-state index is 0.0234. The Kier molecular flexibility index (Phi) is 6.88. The van der Waals surface area contributed by atoms with Crippen molar-refractivity contribution in [3.63, 3.8) is 0 Å². The molecule has 2 aromatic carbocycles. The average molecular weight is 463 g/mol. The molecule has 0 unspecified atom stereocenters. The molecule has 1 saturated heterocycles. The third kappa shape index (κ3) is 4.92. The van der Waals surface area contributed by atoms with Gasteiger partial charge in [-0.15, -0.1) is 0 Å². The number of anilines is 1. The summed E-state index contributed by atoms with van der Waals surface area (Å²) in [7, 11) is 3.51. The van der Waals surface area contributed by atoms with Crippen LogP contribution in [0.15, 0.2) is 36.4 Å². The van der Waals surface area contributed by atoms with E-state index in [1.54, 1.807) is 19.0 Å². The van der Waals surface area contributed by atoms with Crippen LogP contribution in [0, 0.1) is 13.8 Å². The highest BCUT2D eigenvalue weighted by Crippen LogP contribution is 2.21. The van der Waals surface area contributed by atoms with Crippen molar-refractivity contribution < 1.29 is 9.59 Å². The highest BCUT2D eigenvalue weighted by Gasteiger charge is 2.23. The van der Waals surface area contributed by atoms with E-state index in [0.717, 1.165) is 47.7 Å². The van der Waals surface area contributed by atoms with E-state index in [1.807, 2.05) is 49.1 Å². The predicted octanol–water partition coefficient (Wildman–Crippen LogP) is 3.72. The van der Waals surface area contributed by atoms with Gasteiger partial charge in [0, 0.05) is 58.1 Å². The van der Waals surface area contributed by atoms with E-state index in [9.17, 15) is 9.59 Å². The summed E-state index contributed by atoms with van der Waals surface area (Å²) >= 11 is 0. The number of carbonyl (C=O) groups is 2. The van der Waals surface area contributed by atoms with Crippen molar-refractivity contribution in [2.24, 2.45) is 0 Å². The van der Waals surface area contributed by atoms with Gasteiger partial charge in [0.2, 0.25) is 0 Å². The van der Waals surface area contributed by atoms with Crippen molar-refractivity contribution in [1.29, 1.82) is 0 Å². The van der Waals surface area contributed by atoms with Gasteiger partial charge in [-0.05, 0) is 50.6 Å². The zero-order valence-electron chi connectivity index (χ0n) is 20.8. The number of nitrogens with one attached hydrogen (secondary N) is 1. The Bertz CT molecular complexity index is 1210. The molecule has 1 aliphatic rings. The first-order valence-electron chi connectivity index (χ1n) is 11.8. The molecule has 3 amide bonds. The molecule has 1 aromatic heterocycles. The number of imidazole rings is 1. The van der Waals surface area contributed by atoms with Crippen molar-refractivity contribution in [1.82, 2.24) is 24.3 Å². The fourth-order valence-corrected chi connectivity index (χ4v) is 4.50. The number of amides is 3. The zero-order valence-corrected chi connectivity index (χ0v) is 20.8. The summed E-state index contributed by atoms with van der Waals surface area (Å²) < 4.78 is 2.21. The van der Waals surface area contributed by atoms with E-state index < -0.39 is 0 Å². The Hall–Kier alpha value is -3.39. The maximum absolute atomic E-state index is 12.8. The van der Waals surface area contributed by atoms with Crippen molar-refractivity contribution in [3.05, 3.63) is 58.9 Å². The van der Waals surface area contributed by atoms with Crippen LogP contribution in [0.3, 0.4) is 0 Å². The standard InChI is InChI=1S/C26H34N6O2/c1-6-32-23-10-8-20(25(33)29(4)5)16-22(23)27-24(32)17-30-11-13-31(14-12-30)26(34)28-21-9-7-18(2)15-19(21)3/h7-10,15-16H,6,11-14,17H2,1-5H3,(H,28,34). The van der Waals surface area contributed by atoms with Gasteiger partial charge in [-0.3, -0.25) is 9.69 Å². The van der Waals surface area contributed by atoms with Crippen LogP contribution in [-0.4, -0.2) is 76.5 Å². The van der Waals surface area contributed by atoms with Crippen LogP contribution in [0.2, 0.25) is 0 Å². The average Bonchev–Trinajstić information content (AvgIpc) is 3.16. The minimum atomic E-state index is -0.0505. The summed E-state index contributed by atoms with van der Waals surface area (Å²) in [6, 6.07) is 11.7. The summed E-state index contributed by atoms with van der Waals surface area (Å²) in [5, 5.41) is 3.05. The van der Waals surface area contributed by atoms with Gasteiger partial charge in [-0.1, -0.05) is 17.7 Å². The Balaban J connectivity index is 1.40. The van der Waals surface area contributed by atoms with Crippen molar-refractivity contribution in [2.75, 3.05) is 45.6 Å². The number of carbonyl (C=O) groups excluding carboxylic acids is 2. The molecule has 0 saturated carbocycles. The first-order chi connectivity index (χ1) is 16.3. The lowest BCUT2D eigenvalue weighted by Gasteiger charge is -2.34. The van der Waals surface area contributed by atoms with Gasteiger partial charge < -0.3 is 19.7 Å². The van der Waals surface area contributed by atoms with Crippen LogP contribution in [0.1, 0.15) is 34.2 Å². The van der Waals surface area contributed by atoms with Crippen LogP contribution in [0.5, 0.6) is 0 Å². The summed E-state index contributed by atoms with van der Waals surface area (Å²) in [6.07, 6.45) is 0. The van der Waals surface area contributed by atoms with E-state index in [-0.39, 0.29) is 11.9 Å². The second kappa shape index (κ2) is 9.85. The molecule has 1 aliphatic heterocycles. The Labute approximate surface area is 201 Å². The van der Waals surface area contributed by atoms with Crippen molar-refractivity contribution in [2.45, 2.75) is 33.9 Å². The quantitative estimate of drug-likeness (QED) is 0.627. The predicted molar refractivity (Wildman–Crippen MR) is 135 cm³/mol. The van der Waals surface area contributed by atoms with Gasteiger partial charge >= 0.3 is 6.03 Å².